The molecule has 2 aromatic rings. The first-order valence-electron chi connectivity index (χ1n) is 9.90. The number of hydrogen-bond donors (Lipinski definition) is 1. The van der Waals surface area contributed by atoms with Gasteiger partial charge in [-0.2, -0.15) is 0 Å². The van der Waals surface area contributed by atoms with Crippen molar-refractivity contribution in [2.24, 2.45) is 23.2 Å². The molecule has 2 heterocycles. The topological polar surface area (TPSA) is 55.1 Å². The third-order valence-corrected chi connectivity index (χ3v) is 7.65. The van der Waals surface area contributed by atoms with Crippen LogP contribution in [-0.2, 0) is 11.2 Å². The molecule has 0 aromatic carbocycles. The summed E-state index contributed by atoms with van der Waals surface area (Å²) < 4.78 is 5.80. The number of aromatic nitrogens is 1. The molecule has 26 heavy (non-hydrogen) atoms. The monoisotopic (exact) mass is 370 g/mol. The highest BCUT2D eigenvalue weighted by molar-refractivity contribution is 7.13. The maximum absolute atomic E-state index is 13.0. The van der Waals surface area contributed by atoms with Crippen molar-refractivity contribution in [3.05, 3.63) is 29.0 Å². The smallest absolute Gasteiger partial charge is 0.236 e. The Bertz CT molecular complexity index is 773. The number of thiophene rings is 1. The maximum atomic E-state index is 13.0. The van der Waals surface area contributed by atoms with E-state index in [0.29, 0.717) is 18.3 Å². The Hall–Kier alpha value is -1.62. The van der Waals surface area contributed by atoms with Gasteiger partial charge < -0.3 is 9.73 Å². The Kier molecular flexibility index (Phi) is 3.96. The summed E-state index contributed by atoms with van der Waals surface area (Å²) in [4.78, 5) is 18.7. The molecule has 0 saturated heterocycles. The van der Waals surface area contributed by atoms with Crippen LogP contribution in [0.2, 0.25) is 0 Å². The second-order valence-corrected chi connectivity index (χ2v) is 9.65. The summed E-state index contributed by atoms with van der Waals surface area (Å²) in [6.45, 7) is 2.61. The number of aryl methyl sites for hydroxylation is 1. The van der Waals surface area contributed by atoms with Crippen molar-refractivity contribution in [1.29, 1.82) is 0 Å². The third kappa shape index (κ3) is 2.81. The second kappa shape index (κ2) is 6.22. The number of oxazole rings is 1. The number of rotatable bonds is 5. The Morgan fingerprint density at radius 2 is 1.96 bits per heavy atom. The molecule has 5 heteroatoms. The first-order chi connectivity index (χ1) is 12.6. The van der Waals surface area contributed by atoms with Crippen LogP contribution in [0.1, 0.15) is 50.0 Å². The molecule has 138 valence electrons. The summed E-state index contributed by atoms with van der Waals surface area (Å²) in [5, 5.41) is 5.27. The minimum atomic E-state index is -0.0598. The van der Waals surface area contributed by atoms with Crippen molar-refractivity contribution in [2.45, 2.75) is 51.9 Å². The highest BCUT2D eigenvalue weighted by Gasteiger charge is 2.54. The zero-order valence-corrected chi connectivity index (χ0v) is 16.1. The minimum Gasteiger partial charge on any atom is -0.440 e. The molecule has 4 bridgehead atoms. The van der Waals surface area contributed by atoms with Gasteiger partial charge in [-0.1, -0.05) is 6.07 Å². The van der Waals surface area contributed by atoms with Gasteiger partial charge in [0, 0.05) is 18.4 Å². The predicted molar refractivity (Wildman–Crippen MR) is 102 cm³/mol. The zero-order chi connectivity index (χ0) is 17.7. The quantitative estimate of drug-likeness (QED) is 0.838. The second-order valence-electron chi connectivity index (χ2n) is 8.70. The molecule has 0 atom stereocenters. The van der Waals surface area contributed by atoms with Gasteiger partial charge >= 0.3 is 0 Å². The molecular formula is C21H26N2O2S. The average molecular weight is 371 g/mol. The van der Waals surface area contributed by atoms with Crippen LogP contribution in [0.5, 0.6) is 0 Å². The van der Waals surface area contributed by atoms with E-state index in [0.717, 1.165) is 59.8 Å². The molecule has 1 N–H and O–H groups in total. The molecule has 0 radical (unpaired) electrons. The van der Waals surface area contributed by atoms with E-state index in [9.17, 15) is 4.79 Å². The van der Waals surface area contributed by atoms with Gasteiger partial charge in [-0.15, -0.1) is 11.3 Å². The van der Waals surface area contributed by atoms with Gasteiger partial charge in [-0.3, -0.25) is 4.79 Å². The van der Waals surface area contributed by atoms with E-state index in [1.807, 2.05) is 24.4 Å². The lowest BCUT2D eigenvalue weighted by Crippen LogP contribution is -2.53. The standard InChI is InChI=1S/C21H26N2O2S/c1-13-17(23-19(25-13)18-3-2-6-26-18)4-5-22-20(24)21-10-14-7-15(11-21)9-16(8-14)12-21/h2-3,6,14-16H,4-5,7-12H2,1H3,(H,22,24). The Morgan fingerprint density at radius 3 is 2.58 bits per heavy atom. The fourth-order valence-corrected chi connectivity index (χ4v) is 6.69. The van der Waals surface area contributed by atoms with E-state index >= 15 is 0 Å². The van der Waals surface area contributed by atoms with Crippen LogP contribution in [0.3, 0.4) is 0 Å². The van der Waals surface area contributed by atoms with Gasteiger partial charge in [0.05, 0.1) is 10.6 Å². The summed E-state index contributed by atoms with van der Waals surface area (Å²) >= 11 is 1.63. The van der Waals surface area contributed by atoms with Gasteiger partial charge in [0.15, 0.2) is 0 Å². The molecule has 2 aromatic heterocycles. The van der Waals surface area contributed by atoms with E-state index in [2.05, 4.69) is 10.3 Å². The highest BCUT2D eigenvalue weighted by Crippen LogP contribution is 2.60. The molecule has 0 spiro atoms. The van der Waals surface area contributed by atoms with Crippen LogP contribution >= 0.6 is 11.3 Å². The number of nitrogens with one attached hydrogen (secondary N) is 1. The Labute approximate surface area is 158 Å². The fourth-order valence-electron chi connectivity index (χ4n) is 6.04. The normalized spacial score (nSPS) is 32.1. The van der Waals surface area contributed by atoms with Gasteiger partial charge in [-0.05, 0) is 74.6 Å². The van der Waals surface area contributed by atoms with Crippen LogP contribution in [0.25, 0.3) is 10.8 Å². The van der Waals surface area contributed by atoms with Crippen molar-refractivity contribution in [3.63, 3.8) is 0 Å². The van der Waals surface area contributed by atoms with Gasteiger partial charge in [0.1, 0.15) is 5.76 Å². The SMILES string of the molecule is Cc1oc(-c2cccs2)nc1CCNC(=O)C12CC3CC(CC(C3)C1)C2. The molecule has 4 aliphatic rings. The largest absolute Gasteiger partial charge is 0.440 e. The minimum absolute atomic E-state index is 0.0598. The first kappa shape index (κ1) is 16.5. The van der Waals surface area contributed by atoms with Crippen molar-refractivity contribution in [2.75, 3.05) is 6.54 Å². The number of amides is 1. The van der Waals surface area contributed by atoms with E-state index in [1.165, 1.54) is 19.3 Å². The summed E-state index contributed by atoms with van der Waals surface area (Å²) in [6, 6.07) is 4.03. The molecule has 1 amide bonds. The van der Waals surface area contributed by atoms with Crippen molar-refractivity contribution >= 4 is 17.2 Å². The average Bonchev–Trinajstić information content (AvgIpc) is 3.24. The van der Waals surface area contributed by atoms with Crippen LogP contribution in [0.4, 0.5) is 0 Å². The summed E-state index contributed by atoms with van der Waals surface area (Å²) in [7, 11) is 0. The molecule has 6 rings (SSSR count). The first-order valence-corrected chi connectivity index (χ1v) is 10.8. The lowest BCUT2D eigenvalue weighted by atomic mass is 9.49. The Morgan fingerprint density at radius 1 is 1.27 bits per heavy atom. The van der Waals surface area contributed by atoms with Crippen LogP contribution < -0.4 is 5.32 Å². The summed E-state index contributed by atoms with van der Waals surface area (Å²) in [5.41, 5.74) is 0.898. The molecule has 4 saturated carbocycles. The molecule has 0 unspecified atom stereocenters. The maximum Gasteiger partial charge on any atom is 0.236 e. The van der Waals surface area contributed by atoms with E-state index < -0.39 is 0 Å². The third-order valence-electron chi connectivity index (χ3n) is 6.79. The number of nitrogens with zero attached hydrogens (tertiary/aromatic N) is 1. The van der Waals surface area contributed by atoms with Crippen LogP contribution in [0, 0.1) is 30.1 Å². The lowest BCUT2D eigenvalue weighted by Gasteiger charge is -2.55. The zero-order valence-electron chi connectivity index (χ0n) is 15.3. The number of carbonyl (C=O) groups excluding carboxylic acids is 1. The van der Waals surface area contributed by atoms with E-state index in [1.54, 1.807) is 11.3 Å². The number of carbonyl (C=O) groups is 1. The van der Waals surface area contributed by atoms with Crippen molar-refractivity contribution in [3.8, 4) is 10.8 Å². The summed E-state index contributed by atoms with van der Waals surface area (Å²) in [6.07, 6.45) is 8.21. The van der Waals surface area contributed by atoms with Gasteiger partial charge in [0.2, 0.25) is 11.8 Å². The molecule has 4 aliphatic carbocycles. The Balaban J connectivity index is 1.22. The van der Waals surface area contributed by atoms with E-state index in [-0.39, 0.29) is 5.41 Å². The molecular weight excluding hydrogens is 344 g/mol. The molecule has 4 fully saturated rings. The fraction of sp³-hybridized carbons (Fsp3) is 0.619. The lowest BCUT2D eigenvalue weighted by molar-refractivity contribution is -0.146. The molecule has 0 aliphatic heterocycles. The van der Waals surface area contributed by atoms with Crippen LogP contribution in [0.15, 0.2) is 21.9 Å². The van der Waals surface area contributed by atoms with Gasteiger partial charge in [-0.25, -0.2) is 4.98 Å². The van der Waals surface area contributed by atoms with Crippen molar-refractivity contribution < 1.29 is 9.21 Å². The van der Waals surface area contributed by atoms with E-state index in [4.69, 9.17) is 4.42 Å². The van der Waals surface area contributed by atoms with Gasteiger partial charge in [0.25, 0.3) is 0 Å². The summed E-state index contributed by atoms with van der Waals surface area (Å²) in [5.74, 6) is 4.27. The predicted octanol–water partition coefficient (Wildman–Crippen LogP) is 4.59. The number of hydrogen-bond acceptors (Lipinski definition) is 4. The molecule has 4 nitrogen and oxygen atoms in total. The van der Waals surface area contributed by atoms with Crippen LogP contribution in [-0.4, -0.2) is 17.4 Å². The highest BCUT2D eigenvalue weighted by atomic mass is 32.1. The van der Waals surface area contributed by atoms with Crippen molar-refractivity contribution in [1.82, 2.24) is 10.3 Å².